The molecule has 0 unspecified atom stereocenters. The Morgan fingerprint density at radius 3 is 2.56 bits per heavy atom. The van der Waals surface area contributed by atoms with E-state index in [4.69, 9.17) is 16.3 Å². The van der Waals surface area contributed by atoms with Crippen LogP contribution in [0.5, 0.6) is 0 Å². The van der Waals surface area contributed by atoms with Crippen molar-refractivity contribution in [2.75, 3.05) is 18.0 Å². The van der Waals surface area contributed by atoms with Crippen molar-refractivity contribution in [3.8, 4) is 0 Å². The molecule has 2 aromatic rings. The van der Waals surface area contributed by atoms with Crippen LogP contribution in [0.15, 0.2) is 42.5 Å². The Morgan fingerprint density at radius 1 is 1.19 bits per heavy atom. The second-order valence-corrected chi connectivity index (χ2v) is 6.98. The van der Waals surface area contributed by atoms with Gasteiger partial charge in [-0.15, -0.1) is 0 Å². The molecule has 27 heavy (non-hydrogen) atoms. The van der Waals surface area contributed by atoms with Gasteiger partial charge in [0.05, 0.1) is 10.5 Å². The summed E-state index contributed by atoms with van der Waals surface area (Å²) in [6.07, 6.45) is 2.59. The van der Waals surface area contributed by atoms with Crippen LogP contribution in [0.4, 0.5) is 11.4 Å². The molecule has 1 atom stereocenters. The standard InChI is InChI=1S/C20H21ClN2O4/c1-14(16-7-3-4-8-17(16)21)27-20(24)15-9-10-18(19(13-15)23(25)26)22-11-5-2-6-12-22/h3-4,7-10,13-14H,2,5-6,11-12H2,1H3/t14-/m0/s1. The number of piperidine rings is 1. The van der Waals surface area contributed by atoms with Gasteiger partial charge in [-0.1, -0.05) is 29.8 Å². The van der Waals surface area contributed by atoms with Gasteiger partial charge in [-0.2, -0.15) is 0 Å². The Hall–Kier alpha value is -2.60. The van der Waals surface area contributed by atoms with Gasteiger partial charge in [-0.25, -0.2) is 4.79 Å². The molecule has 1 heterocycles. The van der Waals surface area contributed by atoms with Gasteiger partial charge in [0.25, 0.3) is 5.69 Å². The molecule has 1 fully saturated rings. The van der Waals surface area contributed by atoms with Crippen LogP contribution in [-0.2, 0) is 4.74 Å². The molecule has 0 aliphatic carbocycles. The first-order chi connectivity index (χ1) is 13.0. The number of nitro groups is 1. The summed E-state index contributed by atoms with van der Waals surface area (Å²) in [4.78, 5) is 25.6. The van der Waals surface area contributed by atoms with Crippen LogP contribution in [0.2, 0.25) is 5.02 Å². The number of hydrogen-bond acceptors (Lipinski definition) is 5. The molecule has 1 aliphatic heterocycles. The molecule has 7 heteroatoms. The third-order valence-corrected chi connectivity index (χ3v) is 5.08. The van der Waals surface area contributed by atoms with E-state index in [1.807, 2.05) is 11.0 Å². The zero-order chi connectivity index (χ0) is 19.4. The molecule has 0 saturated carbocycles. The molecule has 1 aliphatic rings. The Bertz CT molecular complexity index is 850. The maximum Gasteiger partial charge on any atom is 0.338 e. The maximum atomic E-state index is 12.5. The molecule has 6 nitrogen and oxygen atoms in total. The van der Waals surface area contributed by atoms with Crippen LogP contribution in [-0.4, -0.2) is 24.0 Å². The lowest BCUT2D eigenvalue weighted by molar-refractivity contribution is -0.384. The molecule has 3 rings (SSSR count). The van der Waals surface area contributed by atoms with Gasteiger partial charge >= 0.3 is 5.97 Å². The number of ether oxygens (including phenoxy) is 1. The van der Waals surface area contributed by atoms with Crippen molar-refractivity contribution in [1.29, 1.82) is 0 Å². The molecule has 0 radical (unpaired) electrons. The number of nitro benzene ring substituents is 1. The summed E-state index contributed by atoms with van der Waals surface area (Å²) in [6, 6.07) is 11.6. The maximum absolute atomic E-state index is 12.5. The first-order valence-electron chi connectivity index (χ1n) is 8.96. The molecule has 0 amide bonds. The average Bonchev–Trinajstić information content (AvgIpc) is 2.68. The van der Waals surface area contributed by atoms with E-state index in [9.17, 15) is 14.9 Å². The van der Waals surface area contributed by atoms with E-state index in [0.29, 0.717) is 16.3 Å². The topological polar surface area (TPSA) is 72.7 Å². The van der Waals surface area contributed by atoms with Gasteiger partial charge in [0.15, 0.2) is 0 Å². The number of hydrogen-bond donors (Lipinski definition) is 0. The number of esters is 1. The first kappa shape index (κ1) is 19.2. The van der Waals surface area contributed by atoms with Crippen molar-refractivity contribution in [3.63, 3.8) is 0 Å². The van der Waals surface area contributed by atoms with Crippen LogP contribution in [0.1, 0.15) is 48.2 Å². The number of benzene rings is 2. The highest BCUT2D eigenvalue weighted by Gasteiger charge is 2.24. The van der Waals surface area contributed by atoms with E-state index in [2.05, 4.69) is 0 Å². The van der Waals surface area contributed by atoms with E-state index in [1.165, 1.54) is 6.07 Å². The zero-order valence-electron chi connectivity index (χ0n) is 15.1. The molecule has 2 aromatic carbocycles. The van der Waals surface area contributed by atoms with Gasteiger partial charge in [0.1, 0.15) is 11.8 Å². The minimum absolute atomic E-state index is 0.0725. The number of carbonyl (C=O) groups excluding carboxylic acids is 1. The van der Waals surface area contributed by atoms with Crippen molar-refractivity contribution >= 4 is 28.9 Å². The lowest BCUT2D eigenvalue weighted by Crippen LogP contribution is -2.30. The lowest BCUT2D eigenvalue weighted by atomic mass is 10.1. The minimum Gasteiger partial charge on any atom is -0.454 e. The lowest BCUT2D eigenvalue weighted by Gasteiger charge is -2.28. The average molecular weight is 389 g/mol. The SMILES string of the molecule is C[C@H](OC(=O)c1ccc(N2CCCCC2)c([N+](=O)[O-])c1)c1ccccc1Cl. The van der Waals surface area contributed by atoms with E-state index in [0.717, 1.165) is 32.4 Å². The highest BCUT2D eigenvalue weighted by molar-refractivity contribution is 6.31. The van der Waals surface area contributed by atoms with Crippen LogP contribution in [0.25, 0.3) is 0 Å². The second-order valence-electron chi connectivity index (χ2n) is 6.58. The summed E-state index contributed by atoms with van der Waals surface area (Å²) in [6.45, 7) is 3.29. The number of nitrogens with zero attached hydrogens (tertiary/aromatic N) is 2. The summed E-state index contributed by atoms with van der Waals surface area (Å²) in [5.74, 6) is -0.615. The highest BCUT2D eigenvalue weighted by atomic mass is 35.5. The number of halogens is 1. The summed E-state index contributed by atoms with van der Waals surface area (Å²) < 4.78 is 5.46. The van der Waals surface area contributed by atoms with E-state index in [1.54, 1.807) is 37.3 Å². The van der Waals surface area contributed by atoms with Crippen molar-refractivity contribution in [1.82, 2.24) is 0 Å². The Kier molecular flexibility index (Phi) is 5.96. The molecule has 0 N–H and O–H groups in total. The van der Waals surface area contributed by atoms with Crippen molar-refractivity contribution in [3.05, 3.63) is 68.7 Å². The second kappa shape index (κ2) is 8.39. The predicted octanol–water partition coefficient (Wildman–Crippen LogP) is 5.16. The predicted molar refractivity (Wildman–Crippen MR) is 104 cm³/mol. The Morgan fingerprint density at radius 2 is 1.89 bits per heavy atom. The summed E-state index contributed by atoms with van der Waals surface area (Å²) in [5, 5.41) is 12.0. The number of carbonyl (C=O) groups is 1. The number of rotatable bonds is 5. The Labute approximate surface area is 162 Å². The van der Waals surface area contributed by atoms with Gasteiger partial charge < -0.3 is 9.64 Å². The van der Waals surface area contributed by atoms with Gasteiger partial charge in [0, 0.05) is 29.7 Å². The molecule has 1 saturated heterocycles. The van der Waals surface area contributed by atoms with Gasteiger partial charge in [0.2, 0.25) is 0 Å². The fourth-order valence-corrected chi connectivity index (χ4v) is 3.59. The number of anilines is 1. The van der Waals surface area contributed by atoms with Crippen molar-refractivity contribution in [2.45, 2.75) is 32.3 Å². The monoisotopic (exact) mass is 388 g/mol. The van der Waals surface area contributed by atoms with Crippen LogP contribution >= 0.6 is 11.6 Å². The molecule has 142 valence electrons. The molecule has 0 bridgehead atoms. The minimum atomic E-state index is -0.615. The molecular weight excluding hydrogens is 368 g/mol. The first-order valence-corrected chi connectivity index (χ1v) is 9.34. The summed E-state index contributed by atoms with van der Waals surface area (Å²) in [7, 11) is 0. The van der Waals surface area contributed by atoms with Gasteiger partial charge in [-0.05, 0) is 44.4 Å². The Balaban J connectivity index is 1.81. The van der Waals surface area contributed by atoms with Crippen LogP contribution in [0.3, 0.4) is 0 Å². The van der Waals surface area contributed by atoms with Crippen molar-refractivity contribution in [2.24, 2.45) is 0 Å². The highest BCUT2D eigenvalue weighted by Crippen LogP contribution is 2.32. The zero-order valence-corrected chi connectivity index (χ0v) is 15.8. The van der Waals surface area contributed by atoms with Gasteiger partial charge in [-0.3, -0.25) is 10.1 Å². The quantitative estimate of drug-likeness (QED) is 0.402. The molecule has 0 spiro atoms. The summed E-state index contributed by atoms with van der Waals surface area (Å²) >= 11 is 6.14. The largest absolute Gasteiger partial charge is 0.454 e. The van der Waals surface area contributed by atoms with E-state index < -0.39 is 17.0 Å². The fraction of sp³-hybridized carbons (Fsp3) is 0.350. The fourth-order valence-electron chi connectivity index (χ4n) is 3.30. The smallest absolute Gasteiger partial charge is 0.338 e. The third-order valence-electron chi connectivity index (χ3n) is 4.73. The summed E-state index contributed by atoms with van der Waals surface area (Å²) in [5.41, 5.74) is 1.32. The van der Waals surface area contributed by atoms with E-state index in [-0.39, 0.29) is 11.3 Å². The normalized spacial score (nSPS) is 15.3. The molecular formula is C20H21ClN2O4. The van der Waals surface area contributed by atoms with E-state index >= 15 is 0 Å². The third kappa shape index (κ3) is 4.39. The van der Waals surface area contributed by atoms with Crippen LogP contribution in [0, 0.1) is 10.1 Å². The van der Waals surface area contributed by atoms with Crippen LogP contribution < -0.4 is 4.90 Å². The molecule has 0 aromatic heterocycles. The van der Waals surface area contributed by atoms with Crippen molar-refractivity contribution < 1.29 is 14.5 Å².